The topological polar surface area (TPSA) is 26.3 Å². The summed E-state index contributed by atoms with van der Waals surface area (Å²) in [7, 11) is 0. The average Bonchev–Trinajstić information content (AvgIpc) is 2.40. The van der Waals surface area contributed by atoms with Crippen molar-refractivity contribution in [3.05, 3.63) is 70.5 Å². The van der Waals surface area contributed by atoms with Gasteiger partial charge in [0.2, 0.25) is 0 Å². The zero-order valence-corrected chi connectivity index (χ0v) is 10.2. The van der Waals surface area contributed by atoms with Gasteiger partial charge in [-0.1, -0.05) is 41.9 Å². The molecule has 0 spiro atoms. The SMILES string of the molecule is O=C(OCc1ccccc1)c1ccc(F)c(Cl)c1. The Hall–Kier alpha value is -1.87. The third-order valence-corrected chi connectivity index (χ3v) is 2.66. The van der Waals surface area contributed by atoms with Crippen LogP contribution in [0, 0.1) is 5.82 Å². The van der Waals surface area contributed by atoms with Crippen molar-refractivity contribution >= 4 is 17.6 Å². The molecule has 0 aliphatic rings. The molecule has 0 aliphatic heterocycles. The molecule has 0 unspecified atom stereocenters. The van der Waals surface area contributed by atoms with E-state index in [-0.39, 0.29) is 17.2 Å². The molecule has 18 heavy (non-hydrogen) atoms. The van der Waals surface area contributed by atoms with Crippen LogP contribution in [0.15, 0.2) is 48.5 Å². The quantitative estimate of drug-likeness (QED) is 0.788. The summed E-state index contributed by atoms with van der Waals surface area (Å²) < 4.78 is 18.0. The molecule has 4 heteroatoms. The molecule has 0 radical (unpaired) electrons. The Morgan fingerprint density at radius 3 is 2.56 bits per heavy atom. The van der Waals surface area contributed by atoms with Crippen LogP contribution in [-0.2, 0) is 11.3 Å². The minimum absolute atomic E-state index is 0.0934. The fraction of sp³-hybridized carbons (Fsp3) is 0.0714. The highest BCUT2D eigenvalue weighted by Crippen LogP contribution is 2.17. The Labute approximate surface area is 109 Å². The molecular weight excluding hydrogens is 255 g/mol. The Morgan fingerprint density at radius 1 is 1.17 bits per heavy atom. The maximum Gasteiger partial charge on any atom is 0.338 e. The molecule has 0 aliphatic carbocycles. The smallest absolute Gasteiger partial charge is 0.338 e. The van der Waals surface area contributed by atoms with E-state index in [0.717, 1.165) is 11.6 Å². The molecule has 0 atom stereocenters. The molecule has 2 rings (SSSR count). The number of carbonyl (C=O) groups is 1. The number of esters is 1. The molecule has 2 aromatic rings. The fourth-order valence-electron chi connectivity index (χ4n) is 1.43. The molecule has 0 heterocycles. The lowest BCUT2D eigenvalue weighted by Crippen LogP contribution is -2.05. The molecular formula is C14H10ClFO2. The Balaban J connectivity index is 2.02. The Morgan fingerprint density at radius 2 is 1.89 bits per heavy atom. The zero-order valence-electron chi connectivity index (χ0n) is 9.40. The van der Waals surface area contributed by atoms with Crippen molar-refractivity contribution in [2.75, 3.05) is 0 Å². The largest absolute Gasteiger partial charge is 0.457 e. The third-order valence-electron chi connectivity index (χ3n) is 2.37. The van der Waals surface area contributed by atoms with Crippen molar-refractivity contribution in [2.45, 2.75) is 6.61 Å². The fourth-order valence-corrected chi connectivity index (χ4v) is 1.61. The molecule has 2 aromatic carbocycles. The number of carbonyl (C=O) groups excluding carboxylic acids is 1. The van der Waals surface area contributed by atoms with Gasteiger partial charge < -0.3 is 4.74 Å². The lowest BCUT2D eigenvalue weighted by Gasteiger charge is -2.05. The minimum Gasteiger partial charge on any atom is -0.457 e. The first kappa shape index (κ1) is 12.6. The van der Waals surface area contributed by atoms with Crippen LogP contribution >= 0.6 is 11.6 Å². The van der Waals surface area contributed by atoms with E-state index < -0.39 is 11.8 Å². The van der Waals surface area contributed by atoms with E-state index in [2.05, 4.69) is 0 Å². The number of benzene rings is 2. The van der Waals surface area contributed by atoms with Crippen LogP contribution in [0.3, 0.4) is 0 Å². The lowest BCUT2D eigenvalue weighted by molar-refractivity contribution is 0.0472. The van der Waals surface area contributed by atoms with Crippen molar-refractivity contribution < 1.29 is 13.9 Å². The van der Waals surface area contributed by atoms with Crippen LogP contribution < -0.4 is 0 Å². The number of rotatable bonds is 3. The number of halogens is 2. The first-order valence-electron chi connectivity index (χ1n) is 5.33. The van der Waals surface area contributed by atoms with Crippen LogP contribution in [0.4, 0.5) is 4.39 Å². The summed E-state index contributed by atoms with van der Waals surface area (Å²) in [6.07, 6.45) is 0. The summed E-state index contributed by atoms with van der Waals surface area (Å²) in [4.78, 5) is 11.7. The highest BCUT2D eigenvalue weighted by molar-refractivity contribution is 6.31. The first-order chi connectivity index (χ1) is 8.66. The van der Waals surface area contributed by atoms with Crippen LogP contribution in [0.2, 0.25) is 5.02 Å². The number of hydrogen-bond donors (Lipinski definition) is 0. The summed E-state index contributed by atoms with van der Waals surface area (Å²) >= 11 is 5.59. The second kappa shape index (κ2) is 5.65. The summed E-state index contributed by atoms with van der Waals surface area (Å²) in [5, 5.41) is -0.0934. The molecule has 2 nitrogen and oxygen atoms in total. The molecule has 0 N–H and O–H groups in total. The van der Waals surface area contributed by atoms with Crippen molar-refractivity contribution in [3.8, 4) is 0 Å². The van der Waals surface area contributed by atoms with Crippen LogP contribution in [0.1, 0.15) is 15.9 Å². The third kappa shape index (κ3) is 3.08. The zero-order chi connectivity index (χ0) is 13.0. The van der Waals surface area contributed by atoms with Crippen molar-refractivity contribution in [3.63, 3.8) is 0 Å². The molecule has 0 saturated heterocycles. The van der Waals surface area contributed by atoms with Crippen molar-refractivity contribution in [2.24, 2.45) is 0 Å². The van der Waals surface area contributed by atoms with Gasteiger partial charge in [0.25, 0.3) is 0 Å². The van der Waals surface area contributed by atoms with Gasteiger partial charge in [0.1, 0.15) is 12.4 Å². The van der Waals surface area contributed by atoms with Gasteiger partial charge in [0.05, 0.1) is 10.6 Å². The summed E-state index contributed by atoms with van der Waals surface area (Å²) in [5.41, 5.74) is 1.12. The molecule has 0 amide bonds. The van der Waals surface area contributed by atoms with Gasteiger partial charge in [0, 0.05) is 0 Å². The van der Waals surface area contributed by atoms with Gasteiger partial charge in [-0.3, -0.25) is 0 Å². The van der Waals surface area contributed by atoms with E-state index in [0.29, 0.717) is 0 Å². The van der Waals surface area contributed by atoms with E-state index in [9.17, 15) is 9.18 Å². The molecule has 92 valence electrons. The second-order valence-electron chi connectivity index (χ2n) is 3.69. The van der Waals surface area contributed by atoms with E-state index in [1.54, 1.807) is 0 Å². The Kier molecular flexibility index (Phi) is 3.95. The lowest BCUT2D eigenvalue weighted by atomic mass is 10.2. The monoisotopic (exact) mass is 264 g/mol. The number of ether oxygens (including phenoxy) is 1. The standard InChI is InChI=1S/C14H10ClFO2/c15-12-8-11(6-7-13(12)16)14(17)18-9-10-4-2-1-3-5-10/h1-8H,9H2. The average molecular weight is 265 g/mol. The normalized spacial score (nSPS) is 10.1. The van der Waals surface area contributed by atoms with Gasteiger partial charge in [-0.05, 0) is 23.8 Å². The predicted molar refractivity (Wildman–Crippen MR) is 67.0 cm³/mol. The predicted octanol–water partition coefficient (Wildman–Crippen LogP) is 3.84. The molecule has 0 fully saturated rings. The van der Waals surface area contributed by atoms with E-state index in [1.807, 2.05) is 30.3 Å². The van der Waals surface area contributed by atoms with Crippen molar-refractivity contribution in [1.29, 1.82) is 0 Å². The van der Waals surface area contributed by atoms with Gasteiger partial charge in [-0.2, -0.15) is 0 Å². The van der Waals surface area contributed by atoms with E-state index in [4.69, 9.17) is 16.3 Å². The van der Waals surface area contributed by atoms with E-state index in [1.165, 1.54) is 12.1 Å². The molecule has 0 aromatic heterocycles. The maximum atomic E-state index is 12.9. The van der Waals surface area contributed by atoms with Crippen LogP contribution in [0.25, 0.3) is 0 Å². The molecule has 0 saturated carbocycles. The first-order valence-corrected chi connectivity index (χ1v) is 5.71. The van der Waals surface area contributed by atoms with E-state index >= 15 is 0 Å². The second-order valence-corrected chi connectivity index (χ2v) is 4.10. The highest BCUT2D eigenvalue weighted by Gasteiger charge is 2.10. The van der Waals surface area contributed by atoms with Gasteiger partial charge >= 0.3 is 5.97 Å². The van der Waals surface area contributed by atoms with Crippen LogP contribution in [0.5, 0.6) is 0 Å². The number of hydrogen-bond acceptors (Lipinski definition) is 2. The summed E-state index contributed by atoms with van der Waals surface area (Å²) in [6.45, 7) is 0.175. The minimum atomic E-state index is -0.559. The van der Waals surface area contributed by atoms with Gasteiger partial charge in [-0.25, -0.2) is 9.18 Å². The highest BCUT2D eigenvalue weighted by atomic mass is 35.5. The van der Waals surface area contributed by atoms with Gasteiger partial charge in [0.15, 0.2) is 0 Å². The summed E-state index contributed by atoms with van der Waals surface area (Å²) in [6, 6.07) is 13.0. The Bertz CT molecular complexity index is 555. The van der Waals surface area contributed by atoms with Crippen molar-refractivity contribution in [1.82, 2.24) is 0 Å². The maximum absolute atomic E-state index is 12.9. The van der Waals surface area contributed by atoms with Crippen LogP contribution in [-0.4, -0.2) is 5.97 Å². The van der Waals surface area contributed by atoms with Gasteiger partial charge in [-0.15, -0.1) is 0 Å². The molecule has 0 bridgehead atoms. The summed E-state index contributed by atoms with van der Waals surface area (Å²) in [5.74, 6) is -1.09.